The third kappa shape index (κ3) is 2.66. The average Bonchev–Trinajstić information content (AvgIpc) is 2.62. The van der Waals surface area contributed by atoms with Gasteiger partial charge in [-0.25, -0.2) is 0 Å². The zero-order chi connectivity index (χ0) is 16.5. The minimum atomic E-state index is -0.0467. The molecule has 0 aliphatic heterocycles. The molecule has 118 valence electrons. The summed E-state index contributed by atoms with van der Waals surface area (Å²) in [6, 6.07) is 21.1. The Kier molecular flexibility index (Phi) is 3.97. The Morgan fingerprint density at radius 3 is 2.50 bits per heavy atom. The van der Waals surface area contributed by atoms with Gasteiger partial charge in [0, 0.05) is 10.1 Å². The maximum atomic E-state index is 12.8. The van der Waals surface area contributed by atoms with Gasteiger partial charge in [-0.3, -0.25) is 4.79 Å². The second-order valence-corrected chi connectivity index (χ2v) is 6.91. The fourth-order valence-corrected chi connectivity index (χ4v) is 4.16. The number of benzene rings is 3. The Balaban J connectivity index is 1.87. The topological polar surface area (TPSA) is 26.3 Å². The van der Waals surface area contributed by atoms with Crippen LogP contribution >= 0.6 is 22.9 Å². The lowest BCUT2D eigenvalue weighted by atomic mass is 10.2. The Bertz CT molecular complexity index is 1090. The molecule has 24 heavy (non-hydrogen) atoms. The van der Waals surface area contributed by atoms with Gasteiger partial charge in [0.2, 0.25) is 0 Å². The van der Waals surface area contributed by atoms with Gasteiger partial charge in [0.25, 0.3) is 0 Å². The van der Waals surface area contributed by atoms with Crippen molar-refractivity contribution >= 4 is 43.1 Å². The molecule has 0 spiro atoms. The molecule has 0 radical (unpaired) electrons. The number of halogens is 1. The van der Waals surface area contributed by atoms with Gasteiger partial charge in [0.05, 0.1) is 15.1 Å². The summed E-state index contributed by atoms with van der Waals surface area (Å²) in [5.74, 6) is 0.686. The minimum Gasteiger partial charge on any atom is -0.487 e. The highest BCUT2D eigenvalue weighted by atomic mass is 35.5. The normalized spacial score (nSPS) is 11.0. The molecule has 0 aliphatic carbocycles. The van der Waals surface area contributed by atoms with Crippen molar-refractivity contribution in [1.82, 2.24) is 0 Å². The van der Waals surface area contributed by atoms with E-state index in [4.69, 9.17) is 16.3 Å². The molecule has 1 aromatic heterocycles. The summed E-state index contributed by atoms with van der Waals surface area (Å²) in [7, 11) is 0. The molecule has 0 saturated carbocycles. The van der Waals surface area contributed by atoms with Crippen molar-refractivity contribution in [3.63, 3.8) is 0 Å². The SMILES string of the molecule is O=c1c2ccccc2sc2c(OCc3ccccc3)ccc(Cl)c12. The van der Waals surface area contributed by atoms with Gasteiger partial charge in [0.1, 0.15) is 12.4 Å². The Morgan fingerprint density at radius 2 is 1.67 bits per heavy atom. The summed E-state index contributed by atoms with van der Waals surface area (Å²) in [4.78, 5) is 12.8. The summed E-state index contributed by atoms with van der Waals surface area (Å²) >= 11 is 7.83. The van der Waals surface area contributed by atoms with E-state index in [1.807, 2.05) is 60.7 Å². The van der Waals surface area contributed by atoms with Crippen molar-refractivity contribution in [2.75, 3.05) is 0 Å². The van der Waals surface area contributed by atoms with Crippen LogP contribution in [0.3, 0.4) is 0 Å². The van der Waals surface area contributed by atoms with Crippen LogP contribution in [0.4, 0.5) is 0 Å². The van der Waals surface area contributed by atoms with Crippen LogP contribution in [0.5, 0.6) is 5.75 Å². The zero-order valence-corrected chi connectivity index (χ0v) is 14.2. The maximum absolute atomic E-state index is 12.8. The number of ether oxygens (including phenoxy) is 1. The second kappa shape index (κ2) is 6.27. The predicted molar refractivity (Wildman–Crippen MR) is 101 cm³/mol. The molecule has 0 bridgehead atoms. The lowest BCUT2D eigenvalue weighted by Crippen LogP contribution is -2.03. The molecule has 3 aromatic carbocycles. The van der Waals surface area contributed by atoms with Crippen LogP contribution in [0, 0.1) is 0 Å². The molecular formula is C20H13ClO2S. The van der Waals surface area contributed by atoms with Crippen molar-refractivity contribution in [3.05, 3.63) is 87.5 Å². The first-order chi connectivity index (χ1) is 11.7. The number of rotatable bonds is 3. The number of hydrogen-bond acceptors (Lipinski definition) is 3. The van der Waals surface area contributed by atoms with Crippen molar-refractivity contribution in [2.45, 2.75) is 6.61 Å². The molecule has 4 rings (SSSR count). The lowest BCUT2D eigenvalue weighted by molar-refractivity contribution is 0.310. The van der Waals surface area contributed by atoms with Crippen molar-refractivity contribution in [2.24, 2.45) is 0 Å². The largest absolute Gasteiger partial charge is 0.487 e. The van der Waals surface area contributed by atoms with E-state index in [0.717, 1.165) is 15.0 Å². The monoisotopic (exact) mass is 352 g/mol. The van der Waals surface area contributed by atoms with E-state index in [1.165, 1.54) is 11.3 Å². The number of hydrogen-bond donors (Lipinski definition) is 0. The molecule has 0 saturated heterocycles. The van der Waals surface area contributed by atoms with Gasteiger partial charge in [-0.05, 0) is 29.8 Å². The summed E-state index contributed by atoms with van der Waals surface area (Å²) in [5.41, 5.74) is 1.03. The molecule has 4 heteroatoms. The van der Waals surface area contributed by atoms with Gasteiger partial charge in [-0.1, -0.05) is 54.1 Å². The smallest absolute Gasteiger partial charge is 0.197 e. The van der Waals surface area contributed by atoms with E-state index in [-0.39, 0.29) is 5.43 Å². The Morgan fingerprint density at radius 1 is 0.917 bits per heavy atom. The molecule has 0 amide bonds. The van der Waals surface area contributed by atoms with E-state index in [2.05, 4.69) is 0 Å². The van der Waals surface area contributed by atoms with Crippen LogP contribution in [-0.4, -0.2) is 0 Å². The van der Waals surface area contributed by atoms with Crippen LogP contribution in [0.1, 0.15) is 5.56 Å². The van der Waals surface area contributed by atoms with Gasteiger partial charge in [-0.15, -0.1) is 11.3 Å². The first kappa shape index (κ1) is 15.2. The van der Waals surface area contributed by atoms with Gasteiger partial charge in [-0.2, -0.15) is 0 Å². The van der Waals surface area contributed by atoms with Crippen molar-refractivity contribution in [1.29, 1.82) is 0 Å². The zero-order valence-electron chi connectivity index (χ0n) is 12.7. The van der Waals surface area contributed by atoms with Crippen molar-refractivity contribution in [3.8, 4) is 5.75 Å². The van der Waals surface area contributed by atoms with E-state index >= 15 is 0 Å². The predicted octanol–water partition coefficient (Wildman–Crippen LogP) is 5.65. The maximum Gasteiger partial charge on any atom is 0.197 e. The molecule has 0 N–H and O–H groups in total. The summed E-state index contributed by atoms with van der Waals surface area (Å²) < 4.78 is 7.70. The molecule has 4 aromatic rings. The molecule has 0 unspecified atom stereocenters. The van der Waals surface area contributed by atoms with Gasteiger partial charge in [0.15, 0.2) is 5.43 Å². The third-order valence-corrected chi connectivity index (χ3v) is 5.38. The van der Waals surface area contributed by atoms with E-state index in [9.17, 15) is 4.79 Å². The fraction of sp³-hybridized carbons (Fsp3) is 0.0500. The van der Waals surface area contributed by atoms with Gasteiger partial charge >= 0.3 is 0 Å². The lowest BCUT2D eigenvalue weighted by Gasteiger charge is -2.10. The van der Waals surface area contributed by atoms with Crippen LogP contribution < -0.4 is 10.2 Å². The Labute approximate surface area is 147 Å². The molecule has 1 heterocycles. The number of fused-ring (bicyclic) bond motifs is 2. The van der Waals surface area contributed by atoms with Crippen LogP contribution in [-0.2, 0) is 6.61 Å². The summed E-state index contributed by atoms with van der Waals surface area (Å²) in [6.45, 7) is 0.450. The molecule has 0 aliphatic rings. The Hall–Kier alpha value is -2.36. The highest BCUT2D eigenvalue weighted by molar-refractivity contribution is 7.25. The van der Waals surface area contributed by atoms with Crippen LogP contribution in [0.15, 0.2) is 71.5 Å². The van der Waals surface area contributed by atoms with E-state index in [0.29, 0.717) is 28.2 Å². The van der Waals surface area contributed by atoms with Gasteiger partial charge < -0.3 is 4.74 Å². The standard InChI is InChI=1S/C20H13ClO2S/c21-15-10-11-16(23-12-13-6-2-1-3-7-13)20-18(15)19(22)14-8-4-5-9-17(14)24-20/h1-11H,12H2. The van der Waals surface area contributed by atoms with Crippen LogP contribution in [0.25, 0.3) is 20.2 Å². The van der Waals surface area contributed by atoms with E-state index < -0.39 is 0 Å². The first-order valence-electron chi connectivity index (χ1n) is 7.55. The average molecular weight is 353 g/mol. The highest BCUT2D eigenvalue weighted by Gasteiger charge is 2.13. The minimum absolute atomic E-state index is 0.0467. The summed E-state index contributed by atoms with van der Waals surface area (Å²) in [6.07, 6.45) is 0. The second-order valence-electron chi connectivity index (χ2n) is 5.45. The summed E-state index contributed by atoms with van der Waals surface area (Å²) in [5, 5.41) is 1.69. The quantitative estimate of drug-likeness (QED) is 0.445. The first-order valence-corrected chi connectivity index (χ1v) is 8.74. The fourth-order valence-electron chi connectivity index (χ4n) is 2.69. The molecular weight excluding hydrogens is 340 g/mol. The molecule has 0 atom stereocenters. The highest BCUT2D eigenvalue weighted by Crippen LogP contribution is 2.36. The third-order valence-electron chi connectivity index (χ3n) is 3.88. The van der Waals surface area contributed by atoms with E-state index in [1.54, 1.807) is 6.07 Å². The van der Waals surface area contributed by atoms with Crippen molar-refractivity contribution < 1.29 is 4.74 Å². The molecule has 2 nitrogen and oxygen atoms in total. The van der Waals surface area contributed by atoms with Crippen LogP contribution in [0.2, 0.25) is 5.02 Å². The molecule has 0 fully saturated rings.